The fourth-order valence-corrected chi connectivity index (χ4v) is 2.45. The summed E-state index contributed by atoms with van der Waals surface area (Å²) in [5.74, 6) is -2.05. The van der Waals surface area contributed by atoms with Gasteiger partial charge in [-0.05, 0) is 30.5 Å². The average molecular weight is 343 g/mol. The molecule has 0 fully saturated rings. The molecule has 0 spiro atoms. The van der Waals surface area contributed by atoms with E-state index in [0.29, 0.717) is 18.4 Å². The van der Waals surface area contributed by atoms with Gasteiger partial charge in [-0.2, -0.15) is 0 Å². The zero-order chi connectivity index (χ0) is 17.7. The Morgan fingerprint density at radius 3 is 2.29 bits per heavy atom. The van der Waals surface area contributed by atoms with E-state index in [9.17, 15) is 22.8 Å². The third-order valence-electron chi connectivity index (χ3n) is 3.59. The molecule has 0 saturated carbocycles. The number of hydrogen-bond acceptors (Lipinski definition) is 3. The maximum Gasteiger partial charge on any atom is 0.573 e. The number of benzene rings is 1. The molecule has 1 aromatic carbocycles. The highest BCUT2D eigenvalue weighted by molar-refractivity contribution is 5.80. The predicted octanol–water partition coefficient (Wildman–Crippen LogP) is 3.18. The molecule has 1 atom stereocenters. The highest BCUT2D eigenvalue weighted by atomic mass is 19.4. The highest BCUT2D eigenvalue weighted by Crippen LogP contribution is 2.26. The average Bonchev–Trinajstić information content (AvgIpc) is 2.99. The molecule has 0 aliphatic heterocycles. The van der Waals surface area contributed by atoms with Gasteiger partial charge in [0.25, 0.3) is 0 Å². The van der Waals surface area contributed by atoms with Crippen LogP contribution in [-0.2, 0) is 9.59 Å². The number of rotatable bonds is 6. The lowest BCUT2D eigenvalue weighted by molar-refractivity contribution is -0.274. The van der Waals surface area contributed by atoms with Crippen molar-refractivity contribution in [2.24, 2.45) is 5.92 Å². The predicted molar refractivity (Wildman–Crippen MR) is 78.1 cm³/mol. The van der Waals surface area contributed by atoms with Crippen LogP contribution in [0.4, 0.5) is 13.2 Å². The van der Waals surface area contributed by atoms with Crippen molar-refractivity contribution in [3.63, 3.8) is 0 Å². The molecule has 0 aromatic heterocycles. The number of allylic oxidation sites excluding steroid dienone is 2. The zero-order valence-electron chi connectivity index (χ0n) is 12.5. The van der Waals surface area contributed by atoms with Crippen LogP contribution in [0.25, 0.3) is 0 Å². The van der Waals surface area contributed by atoms with Gasteiger partial charge in [0.05, 0.1) is 12.5 Å². The molecular formula is C16H16F3NO4. The first-order valence-corrected chi connectivity index (χ1v) is 7.27. The Kier molecular flexibility index (Phi) is 5.48. The van der Waals surface area contributed by atoms with Gasteiger partial charge in [-0.25, -0.2) is 0 Å². The summed E-state index contributed by atoms with van der Waals surface area (Å²) < 4.78 is 40.2. The second-order valence-corrected chi connectivity index (χ2v) is 5.42. The van der Waals surface area contributed by atoms with Crippen molar-refractivity contribution in [1.29, 1.82) is 0 Å². The second-order valence-electron chi connectivity index (χ2n) is 5.42. The minimum Gasteiger partial charge on any atom is -0.481 e. The Hall–Kier alpha value is -2.51. The maximum absolute atomic E-state index is 12.2. The Bertz CT molecular complexity index is 617. The number of hydrogen-bond donors (Lipinski definition) is 2. The summed E-state index contributed by atoms with van der Waals surface area (Å²) in [4.78, 5) is 23.2. The Morgan fingerprint density at radius 1 is 1.21 bits per heavy atom. The number of halogens is 3. The minimum absolute atomic E-state index is 0.242. The first kappa shape index (κ1) is 17.8. The van der Waals surface area contributed by atoms with Crippen molar-refractivity contribution in [3.05, 3.63) is 42.0 Å². The van der Waals surface area contributed by atoms with Crippen LogP contribution in [0.5, 0.6) is 5.75 Å². The van der Waals surface area contributed by atoms with Crippen LogP contribution in [0.1, 0.15) is 30.9 Å². The Balaban J connectivity index is 2.09. The van der Waals surface area contributed by atoms with Crippen LogP contribution in [0.2, 0.25) is 0 Å². The zero-order valence-corrected chi connectivity index (χ0v) is 12.5. The molecule has 0 bridgehead atoms. The highest BCUT2D eigenvalue weighted by Gasteiger charge is 2.31. The molecular weight excluding hydrogens is 327 g/mol. The van der Waals surface area contributed by atoms with Crippen molar-refractivity contribution in [3.8, 4) is 5.75 Å². The van der Waals surface area contributed by atoms with Crippen molar-refractivity contribution in [2.45, 2.75) is 31.7 Å². The van der Waals surface area contributed by atoms with Gasteiger partial charge in [0.1, 0.15) is 5.75 Å². The maximum atomic E-state index is 12.2. The number of aliphatic carboxylic acids is 1. The van der Waals surface area contributed by atoms with Crippen LogP contribution in [0.15, 0.2) is 36.4 Å². The minimum atomic E-state index is -4.80. The van der Waals surface area contributed by atoms with Gasteiger partial charge < -0.3 is 15.2 Å². The smallest absolute Gasteiger partial charge is 0.481 e. The van der Waals surface area contributed by atoms with E-state index in [4.69, 9.17) is 5.11 Å². The topological polar surface area (TPSA) is 75.6 Å². The summed E-state index contributed by atoms with van der Waals surface area (Å²) in [7, 11) is 0. The SMILES string of the molecule is O=C(O)CC(NC(=O)C1CC=CC1)c1ccc(OC(F)(F)F)cc1. The van der Waals surface area contributed by atoms with E-state index in [1.807, 2.05) is 12.2 Å². The molecule has 2 rings (SSSR count). The summed E-state index contributed by atoms with van der Waals surface area (Å²) in [5, 5.41) is 11.6. The third-order valence-corrected chi connectivity index (χ3v) is 3.59. The Labute approximate surface area is 136 Å². The molecule has 1 aliphatic rings. The summed E-state index contributed by atoms with van der Waals surface area (Å²) in [6, 6.07) is 3.96. The summed E-state index contributed by atoms with van der Waals surface area (Å²) in [6.45, 7) is 0. The van der Waals surface area contributed by atoms with E-state index < -0.39 is 24.1 Å². The molecule has 1 aromatic rings. The number of carbonyl (C=O) groups is 2. The van der Waals surface area contributed by atoms with E-state index in [-0.39, 0.29) is 18.2 Å². The molecule has 2 N–H and O–H groups in total. The van der Waals surface area contributed by atoms with Crippen molar-refractivity contribution in [1.82, 2.24) is 5.32 Å². The molecule has 0 saturated heterocycles. The second kappa shape index (κ2) is 7.37. The van der Waals surface area contributed by atoms with Crippen LogP contribution < -0.4 is 10.1 Å². The van der Waals surface area contributed by atoms with Gasteiger partial charge >= 0.3 is 12.3 Å². The van der Waals surface area contributed by atoms with E-state index in [1.54, 1.807) is 0 Å². The Morgan fingerprint density at radius 2 is 1.79 bits per heavy atom. The molecule has 130 valence electrons. The van der Waals surface area contributed by atoms with Crippen LogP contribution in [0, 0.1) is 5.92 Å². The summed E-state index contributed by atoms with van der Waals surface area (Å²) in [5.41, 5.74) is 0.395. The van der Waals surface area contributed by atoms with Gasteiger partial charge in [-0.15, -0.1) is 13.2 Å². The summed E-state index contributed by atoms with van der Waals surface area (Å²) in [6.07, 6.45) is -0.246. The first-order valence-electron chi connectivity index (χ1n) is 7.27. The molecule has 1 amide bonds. The van der Waals surface area contributed by atoms with E-state index in [0.717, 1.165) is 12.1 Å². The van der Waals surface area contributed by atoms with Crippen LogP contribution >= 0.6 is 0 Å². The molecule has 24 heavy (non-hydrogen) atoms. The van der Waals surface area contributed by atoms with Crippen molar-refractivity contribution < 1.29 is 32.6 Å². The number of amides is 1. The summed E-state index contributed by atoms with van der Waals surface area (Å²) >= 11 is 0. The van der Waals surface area contributed by atoms with E-state index >= 15 is 0 Å². The number of ether oxygens (including phenoxy) is 1. The normalized spacial score (nSPS) is 16.0. The number of nitrogens with one attached hydrogen (secondary N) is 1. The fourth-order valence-electron chi connectivity index (χ4n) is 2.45. The number of alkyl halides is 3. The van der Waals surface area contributed by atoms with Crippen molar-refractivity contribution >= 4 is 11.9 Å². The van der Waals surface area contributed by atoms with Crippen LogP contribution in [-0.4, -0.2) is 23.3 Å². The van der Waals surface area contributed by atoms with E-state index in [1.165, 1.54) is 12.1 Å². The number of carboxylic acids is 1. The number of carbonyl (C=O) groups excluding carboxylic acids is 1. The molecule has 0 radical (unpaired) electrons. The fraction of sp³-hybridized carbons (Fsp3) is 0.375. The number of carboxylic acid groups (broad SMARTS) is 1. The lowest BCUT2D eigenvalue weighted by Gasteiger charge is -2.20. The van der Waals surface area contributed by atoms with Gasteiger partial charge in [-0.1, -0.05) is 24.3 Å². The molecule has 8 heteroatoms. The van der Waals surface area contributed by atoms with Gasteiger partial charge in [0.2, 0.25) is 5.91 Å². The van der Waals surface area contributed by atoms with Gasteiger partial charge in [-0.3, -0.25) is 9.59 Å². The quantitative estimate of drug-likeness (QED) is 0.778. The monoisotopic (exact) mass is 343 g/mol. The van der Waals surface area contributed by atoms with E-state index in [2.05, 4.69) is 10.1 Å². The lowest BCUT2D eigenvalue weighted by Crippen LogP contribution is -2.34. The van der Waals surface area contributed by atoms with Crippen LogP contribution in [0.3, 0.4) is 0 Å². The molecule has 0 heterocycles. The van der Waals surface area contributed by atoms with Crippen molar-refractivity contribution in [2.75, 3.05) is 0 Å². The standard InChI is InChI=1S/C16H16F3NO4/c17-16(18,19)24-12-7-5-10(6-8-12)13(9-14(21)22)20-15(23)11-3-1-2-4-11/h1-2,5-8,11,13H,3-4,9H2,(H,20,23)(H,21,22). The van der Waals surface area contributed by atoms with Gasteiger partial charge in [0.15, 0.2) is 0 Å². The van der Waals surface area contributed by atoms with Gasteiger partial charge in [0, 0.05) is 5.92 Å². The molecule has 1 unspecified atom stereocenters. The molecule has 1 aliphatic carbocycles. The molecule has 5 nitrogen and oxygen atoms in total. The lowest BCUT2D eigenvalue weighted by atomic mass is 10.0. The first-order chi connectivity index (χ1) is 11.2. The largest absolute Gasteiger partial charge is 0.573 e. The third kappa shape index (κ3) is 5.29.